The van der Waals surface area contributed by atoms with E-state index in [1.165, 1.54) is 51.4 Å². The molecule has 0 spiro atoms. The van der Waals surface area contributed by atoms with Gasteiger partial charge in [0.2, 0.25) is 11.8 Å². The maximum Gasteiger partial charge on any atom is 0.410 e. The average molecular weight is 635 g/mol. The summed E-state index contributed by atoms with van der Waals surface area (Å²) < 4.78 is 5.48. The molecule has 0 aromatic rings. The minimum absolute atomic E-state index is 0.0463. The molecule has 4 aliphatic heterocycles. The van der Waals surface area contributed by atoms with Gasteiger partial charge in [-0.05, 0) is 113 Å². The number of nitrogens with zero attached hydrogens (tertiary/aromatic N) is 3. The molecule has 10 heteroatoms. The van der Waals surface area contributed by atoms with E-state index in [-0.39, 0.29) is 23.9 Å². The Bertz CT molecular complexity index is 900. The molecule has 0 unspecified atom stereocenters. The van der Waals surface area contributed by atoms with Crippen LogP contribution in [-0.4, -0.2) is 114 Å². The third-order valence-corrected chi connectivity index (χ3v) is 10.2. The van der Waals surface area contributed by atoms with Crippen LogP contribution in [0.3, 0.4) is 0 Å². The first kappa shape index (κ1) is 37.5. The second-order valence-corrected chi connectivity index (χ2v) is 15.0. The van der Waals surface area contributed by atoms with Crippen molar-refractivity contribution in [2.24, 2.45) is 0 Å². The van der Waals surface area contributed by atoms with Crippen molar-refractivity contribution in [3.8, 4) is 0 Å². The van der Waals surface area contributed by atoms with Gasteiger partial charge in [0.25, 0.3) is 0 Å². The van der Waals surface area contributed by atoms with E-state index < -0.39 is 11.6 Å². The molecule has 0 aromatic carbocycles. The summed E-state index contributed by atoms with van der Waals surface area (Å²) in [5, 5.41) is 9.46. The molecule has 4 fully saturated rings. The number of hydrogen-bond acceptors (Lipinski definition) is 7. The minimum atomic E-state index is -0.546. The lowest BCUT2D eigenvalue weighted by molar-refractivity contribution is -0.127. The van der Waals surface area contributed by atoms with Gasteiger partial charge in [-0.3, -0.25) is 24.3 Å². The smallest absolute Gasteiger partial charge is 0.410 e. The lowest BCUT2D eigenvalue weighted by atomic mass is 9.97. The van der Waals surface area contributed by atoms with Crippen molar-refractivity contribution in [3.05, 3.63) is 0 Å². The molecule has 3 N–H and O–H groups in total. The Balaban J connectivity index is 0.000000257. The molecule has 0 aromatic heterocycles. The number of rotatable bonds is 8. The Morgan fingerprint density at radius 3 is 1.69 bits per heavy atom. The molecule has 3 amide bonds. The summed E-state index contributed by atoms with van der Waals surface area (Å²) in [6.45, 7) is 19.5. The lowest BCUT2D eigenvalue weighted by Gasteiger charge is -2.39. The Kier molecular flexibility index (Phi) is 15.4. The molecule has 45 heavy (non-hydrogen) atoms. The predicted octanol–water partition coefficient (Wildman–Crippen LogP) is 4.66. The number of hydrogen-bond donors (Lipinski definition) is 3. The number of carbonyl (C=O) groups excluding carboxylic acids is 3. The first-order valence-corrected chi connectivity index (χ1v) is 18.2. The topological polar surface area (TPSA) is 106 Å². The van der Waals surface area contributed by atoms with E-state index in [1.807, 2.05) is 20.8 Å². The largest absolute Gasteiger partial charge is 0.444 e. The van der Waals surface area contributed by atoms with Crippen LogP contribution in [0.25, 0.3) is 0 Å². The highest BCUT2D eigenvalue weighted by molar-refractivity contribution is 5.86. The summed E-state index contributed by atoms with van der Waals surface area (Å²) in [4.78, 5) is 43.8. The summed E-state index contributed by atoms with van der Waals surface area (Å²) in [6.07, 6.45) is 13.3. The molecule has 0 radical (unpaired) electrons. The molecule has 260 valence electrons. The Morgan fingerprint density at radius 2 is 1.20 bits per heavy atom. The van der Waals surface area contributed by atoms with Crippen molar-refractivity contribution in [2.45, 2.75) is 167 Å². The fourth-order valence-corrected chi connectivity index (χ4v) is 7.51. The quantitative estimate of drug-likeness (QED) is 0.357. The van der Waals surface area contributed by atoms with Crippen LogP contribution in [0.4, 0.5) is 4.79 Å². The van der Waals surface area contributed by atoms with E-state index in [0.717, 1.165) is 45.4 Å². The number of carbonyl (C=O) groups is 3. The zero-order valence-corrected chi connectivity index (χ0v) is 29.7. The van der Waals surface area contributed by atoms with Gasteiger partial charge in [0.05, 0.1) is 6.04 Å². The lowest BCUT2D eigenvalue weighted by Crippen LogP contribution is -2.54. The van der Waals surface area contributed by atoms with Crippen LogP contribution >= 0.6 is 0 Å². The number of ether oxygens (including phenoxy) is 1. The van der Waals surface area contributed by atoms with Crippen molar-refractivity contribution in [2.75, 3.05) is 39.3 Å². The Morgan fingerprint density at radius 1 is 0.689 bits per heavy atom. The van der Waals surface area contributed by atoms with Gasteiger partial charge in [-0.15, -0.1) is 0 Å². The van der Waals surface area contributed by atoms with Crippen LogP contribution in [0.5, 0.6) is 0 Å². The van der Waals surface area contributed by atoms with Gasteiger partial charge in [0, 0.05) is 56.9 Å². The highest BCUT2D eigenvalue weighted by Gasteiger charge is 2.35. The molecule has 4 saturated heterocycles. The van der Waals surface area contributed by atoms with E-state index in [9.17, 15) is 14.4 Å². The fourth-order valence-electron chi connectivity index (χ4n) is 7.51. The molecular weight excluding hydrogens is 568 g/mol. The monoisotopic (exact) mass is 635 g/mol. The Hall–Kier alpha value is -1.91. The van der Waals surface area contributed by atoms with Gasteiger partial charge in [-0.1, -0.05) is 19.3 Å². The molecule has 4 aliphatic rings. The summed E-state index contributed by atoms with van der Waals surface area (Å²) in [5.74, 6) is 0.143. The van der Waals surface area contributed by atoms with E-state index in [0.29, 0.717) is 43.7 Å². The van der Waals surface area contributed by atoms with Gasteiger partial charge in [-0.2, -0.15) is 0 Å². The standard InChI is InChI=1S/C20H37N3O3.C15H29N3O/c1-15-9-8-10-16(2)22(15)14-12-21-18(24)17-11-6-7-13-23(17)19(25)26-20(3,4)5;1-12-6-5-7-13(2)18(12)11-10-17-15(19)14-8-3-4-9-16-14/h15-17H,6-14H2,1-5H3,(H,21,24);12-14,16H,3-11H2,1-2H3,(H,17,19)/t15-,16+,17-;12-,13+,14-/m00/s1. The normalized spacial score (nSPS) is 30.1. The maximum atomic E-state index is 12.7. The second-order valence-electron chi connectivity index (χ2n) is 15.0. The predicted molar refractivity (Wildman–Crippen MR) is 181 cm³/mol. The van der Waals surface area contributed by atoms with Crippen LogP contribution in [0, 0.1) is 0 Å². The van der Waals surface area contributed by atoms with E-state index in [2.05, 4.69) is 53.4 Å². The minimum Gasteiger partial charge on any atom is -0.444 e. The molecule has 6 atom stereocenters. The molecule has 4 rings (SSSR count). The van der Waals surface area contributed by atoms with Crippen molar-refractivity contribution < 1.29 is 19.1 Å². The number of piperidine rings is 4. The third-order valence-electron chi connectivity index (χ3n) is 10.2. The van der Waals surface area contributed by atoms with Crippen LogP contribution in [0.15, 0.2) is 0 Å². The summed E-state index contributed by atoms with van der Waals surface area (Å²) in [7, 11) is 0. The van der Waals surface area contributed by atoms with Crippen LogP contribution in [0.2, 0.25) is 0 Å². The van der Waals surface area contributed by atoms with E-state index in [4.69, 9.17) is 4.74 Å². The first-order valence-electron chi connectivity index (χ1n) is 18.2. The highest BCUT2D eigenvalue weighted by atomic mass is 16.6. The number of likely N-dealkylation sites (tertiary alicyclic amines) is 3. The number of amides is 3. The van der Waals surface area contributed by atoms with Crippen LogP contribution in [0.1, 0.15) is 126 Å². The summed E-state index contributed by atoms with van der Waals surface area (Å²) in [6, 6.07) is 2.11. The highest BCUT2D eigenvalue weighted by Crippen LogP contribution is 2.23. The average Bonchev–Trinajstić information content (AvgIpc) is 3.00. The second kappa shape index (κ2) is 18.4. The maximum absolute atomic E-state index is 12.7. The molecule has 4 heterocycles. The van der Waals surface area contributed by atoms with Gasteiger partial charge < -0.3 is 20.7 Å². The third kappa shape index (κ3) is 12.3. The fraction of sp³-hybridized carbons (Fsp3) is 0.914. The molecule has 0 aliphatic carbocycles. The van der Waals surface area contributed by atoms with Crippen LogP contribution in [-0.2, 0) is 14.3 Å². The first-order chi connectivity index (χ1) is 21.4. The van der Waals surface area contributed by atoms with Gasteiger partial charge >= 0.3 is 6.09 Å². The van der Waals surface area contributed by atoms with E-state index in [1.54, 1.807) is 4.90 Å². The van der Waals surface area contributed by atoms with Crippen molar-refractivity contribution in [1.82, 2.24) is 30.7 Å². The molecular formula is C35H66N6O4. The Labute approximate surface area is 274 Å². The van der Waals surface area contributed by atoms with E-state index >= 15 is 0 Å². The summed E-state index contributed by atoms with van der Waals surface area (Å²) >= 11 is 0. The van der Waals surface area contributed by atoms with Crippen molar-refractivity contribution in [1.29, 1.82) is 0 Å². The van der Waals surface area contributed by atoms with Gasteiger partial charge in [-0.25, -0.2) is 4.79 Å². The van der Waals surface area contributed by atoms with Crippen molar-refractivity contribution in [3.63, 3.8) is 0 Å². The van der Waals surface area contributed by atoms with Gasteiger partial charge in [0.1, 0.15) is 11.6 Å². The number of nitrogens with one attached hydrogen (secondary N) is 3. The zero-order valence-electron chi connectivity index (χ0n) is 29.7. The summed E-state index contributed by atoms with van der Waals surface area (Å²) in [5.41, 5.74) is -0.546. The molecule has 0 bridgehead atoms. The van der Waals surface area contributed by atoms with Crippen LogP contribution < -0.4 is 16.0 Å². The van der Waals surface area contributed by atoms with Crippen molar-refractivity contribution >= 4 is 17.9 Å². The molecule has 10 nitrogen and oxygen atoms in total. The SMILES string of the molecule is C[C@@H]1CCC[C@H](C)N1CCNC(=O)[C@@H]1CCCCN1.C[C@@H]1CCC[C@H](C)N1CCNC(=O)[C@@H]1CCCCN1C(=O)OC(C)(C)C. The molecule has 0 saturated carbocycles. The van der Waals surface area contributed by atoms with Gasteiger partial charge in [0.15, 0.2) is 0 Å². The zero-order chi connectivity index (χ0) is 33.0.